The molecule has 0 radical (unpaired) electrons. The zero-order chi connectivity index (χ0) is 28.4. The smallest absolute Gasteiger partial charge is 0.337 e. The van der Waals surface area contributed by atoms with Crippen LogP contribution >= 0.6 is 0 Å². The monoisotopic (exact) mass is 540 g/mol. The van der Waals surface area contributed by atoms with E-state index in [-0.39, 0.29) is 30.5 Å². The lowest BCUT2D eigenvalue weighted by Crippen LogP contribution is -2.57. The predicted octanol–water partition coefficient (Wildman–Crippen LogP) is 4.24. The second kappa shape index (κ2) is 11.6. The number of benzene rings is 1. The van der Waals surface area contributed by atoms with Crippen LogP contribution in [0.5, 0.6) is 11.5 Å². The number of aliphatic hydroxyl groups is 2. The topological polar surface area (TPSA) is 112 Å². The van der Waals surface area contributed by atoms with Gasteiger partial charge in [0, 0.05) is 11.5 Å². The largest absolute Gasteiger partial charge is 0.493 e. The highest BCUT2D eigenvalue weighted by molar-refractivity contribution is 5.93. The quantitative estimate of drug-likeness (QED) is 0.286. The molecule has 2 unspecified atom stereocenters. The lowest BCUT2D eigenvalue weighted by Gasteiger charge is -2.59. The number of carbonyl (C=O) groups is 2. The van der Waals surface area contributed by atoms with Gasteiger partial charge in [-0.3, -0.25) is 0 Å². The van der Waals surface area contributed by atoms with Crippen molar-refractivity contribution in [3.8, 4) is 11.5 Å². The molecule has 1 saturated heterocycles. The van der Waals surface area contributed by atoms with Gasteiger partial charge in [-0.1, -0.05) is 38.1 Å². The van der Waals surface area contributed by atoms with Crippen molar-refractivity contribution in [2.45, 2.75) is 58.2 Å². The van der Waals surface area contributed by atoms with Crippen LogP contribution in [0, 0.1) is 22.7 Å². The first kappa shape index (κ1) is 28.9. The number of rotatable bonds is 8. The number of aliphatic hydroxyl groups excluding tert-OH is 2. The van der Waals surface area contributed by atoms with Crippen molar-refractivity contribution in [1.82, 2.24) is 0 Å². The third kappa shape index (κ3) is 5.50. The van der Waals surface area contributed by atoms with E-state index in [1.165, 1.54) is 13.2 Å². The standard InChI is InChI=1S/C31H40O8/c1-19-6-12-26-30(2,15-14-27(33)31(26,3)18-32)22(19)10-9-21-25(17-38-29(21)35)39-28(34)13-8-20-7-11-23(36-4)24(16-20)37-5/h7-9,11,13,16,22,25-27,32-33H,1,6,10,12,14-15,17-18H2,2-5H3/b13-8+,21-9-/t22-,25?,26?,27-,30+,31+/m1/s1. The van der Waals surface area contributed by atoms with Gasteiger partial charge in [0.2, 0.25) is 0 Å². The minimum atomic E-state index is -0.795. The average molecular weight is 541 g/mol. The maximum absolute atomic E-state index is 12.6. The summed E-state index contributed by atoms with van der Waals surface area (Å²) in [5.41, 5.74) is 1.41. The molecule has 0 amide bonds. The fourth-order valence-corrected chi connectivity index (χ4v) is 6.95. The predicted molar refractivity (Wildman–Crippen MR) is 146 cm³/mol. The number of methoxy groups -OCH3 is 2. The summed E-state index contributed by atoms with van der Waals surface area (Å²) in [6.07, 6.45) is 7.03. The van der Waals surface area contributed by atoms with E-state index >= 15 is 0 Å². The van der Waals surface area contributed by atoms with Gasteiger partial charge in [-0.25, -0.2) is 9.59 Å². The van der Waals surface area contributed by atoms with Gasteiger partial charge in [0.1, 0.15) is 6.61 Å². The highest BCUT2D eigenvalue weighted by Gasteiger charge is 2.57. The molecule has 1 aromatic rings. The Balaban J connectivity index is 1.47. The molecular weight excluding hydrogens is 500 g/mol. The van der Waals surface area contributed by atoms with E-state index in [0.717, 1.165) is 30.4 Å². The Morgan fingerprint density at radius 3 is 2.64 bits per heavy atom. The van der Waals surface area contributed by atoms with Crippen LogP contribution < -0.4 is 9.47 Å². The maximum Gasteiger partial charge on any atom is 0.337 e. The van der Waals surface area contributed by atoms with E-state index in [2.05, 4.69) is 13.5 Å². The minimum absolute atomic E-state index is 0.0269. The van der Waals surface area contributed by atoms with Crippen molar-refractivity contribution < 1.29 is 38.7 Å². The first-order chi connectivity index (χ1) is 18.6. The molecule has 1 heterocycles. The molecule has 212 valence electrons. The normalized spacial score (nSPS) is 33.6. The molecule has 2 N–H and O–H groups in total. The highest BCUT2D eigenvalue weighted by atomic mass is 16.6. The number of fused-ring (bicyclic) bond motifs is 1. The van der Waals surface area contributed by atoms with Gasteiger partial charge in [-0.15, -0.1) is 0 Å². The molecule has 0 bridgehead atoms. The van der Waals surface area contributed by atoms with Crippen molar-refractivity contribution >= 4 is 18.0 Å². The molecule has 2 saturated carbocycles. The number of ether oxygens (including phenoxy) is 4. The van der Waals surface area contributed by atoms with Crippen molar-refractivity contribution in [1.29, 1.82) is 0 Å². The number of esters is 2. The summed E-state index contributed by atoms with van der Waals surface area (Å²) >= 11 is 0. The Morgan fingerprint density at radius 1 is 1.21 bits per heavy atom. The third-order valence-corrected chi connectivity index (χ3v) is 9.29. The number of hydrogen-bond acceptors (Lipinski definition) is 8. The zero-order valence-corrected chi connectivity index (χ0v) is 23.3. The third-order valence-electron chi connectivity index (χ3n) is 9.29. The minimum Gasteiger partial charge on any atom is -0.493 e. The first-order valence-electron chi connectivity index (χ1n) is 13.5. The lowest BCUT2D eigenvalue weighted by atomic mass is 9.46. The van der Waals surface area contributed by atoms with E-state index < -0.39 is 29.6 Å². The van der Waals surface area contributed by atoms with E-state index in [9.17, 15) is 19.8 Å². The Hall–Kier alpha value is -3.10. The highest BCUT2D eigenvalue weighted by Crippen LogP contribution is 2.61. The summed E-state index contributed by atoms with van der Waals surface area (Å²) in [5.74, 6) is 0.238. The summed E-state index contributed by atoms with van der Waals surface area (Å²) in [4.78, 5) is 25.2. The molecule has 3 aliphatic rings. The van der Waals surface area contributed by atoms with Crippen molar-refractivity contribution in [2.75, 3.05) is 27.4 Å². The van der Waals surface area contributed by atoms with Crippen molar-refractivity contribution in [2.24, 2.45) is 22.7 Å². The van der Waals surface area contributed by atoms with Crippen LogP contribution in [-0.2, 0) is 19.1 Å². The zero-order valence-electron chi connectivity index (χ0n) is 23.3. The summed E-state index contributed by atoms with van der Waals surface area (Å²) in [7, 11) is 3.09. The number of cyclic esters (lactones) is 1. The molecule has 8 heteroatoms. The number of hydrogen-bond donors (Lipinski definition) is 2. The van der Waals surface area contributed by atoms with Crippen molar-refractivity contribution in [3.05, 3.63) is 53.6 Å². The second-order valence-corrected chi connectivity index (χ2v) is 11.4. The molecule has 1 aromatic carbocycles. The summed E-state index contributed by atoms with van der Waals surface area (Å²) < 4.78 is 21.4. The molecule has 0 aromatic heterocycles. The molecular formula is C31H40O8. The Morgan fingerprint density at radius 2 is 1.95 bits per heavy atom. The molecule has 3 fully saturated rings. The van der Waals surface area contributed by atoms with Crippen LogP contribution in [0.4, 0.5) is 0 Å². The van der Waals surface area contributed by atoms with Crippen LogP contribution in [0.1, 0.15) is 51.5 Å². The molecule has 0 spiro atoms. The van der Waals surface area contributed by atoms with Gasteiger partial charge in [-0.2, -0.15) is 0 Å². The molecule has 1 aliphatic heterocycles. The fraction of sp³-hybridized carbons (Fsp3) is 0.548. The molecule has 4 rings (SSSR count). The van der Waals surface area contributed by atoms with Gasteiger partial charge in [0.15, 0.2) is 17.6 Å². The van der Waals surface area contributed by atoms with Crippen LogP contribution in [-0.4, -0.2) is 61.8 Å². The Labute approximate surface area is 230 Å². The van der Waals surface area contributed by atoms with Gasteiger partial charge < -0.3 is 29.2 Å². The van der Waals surface area contributed by atoms with E-state index in [1.54, 1.807) is 31.4 Å². The summed E-state index contributed by atoms with van der Waals surface area (Å²) in [6, 6.07) is 5.27. The summed E-state index contributed by atoms with van der Waals surface area (Å²) in [5, 5.41) is 21.0. The number of allylic oxidation sites excluding steroid dienone is 2. The SMILES string of the molecule is C=C1CCC2[C@](C)(CO)[C@H](O)CC[C@@]2(C)[C@@H]1C/C=C1\C(=O)OCC1OC(=O)/C=C/c1ccc(OC)c(OC)c1. The van der Waals surface area contributed by atoms with Gasteiger partial charge in [0.25, 0.3) is 0 Å². The van der Waals surface area contributed by atoms with Crippen LogP contribution in [0.2, 0.25) is 0 Å². The van der Waals surface area contributed by atoms with Crippen LogP contribution in [0.25, 0.3) is 6.08 Å². The fourth-order valence-electron chi connectivity index (χ4n) is 6.95. The van der Waals surface area contributed by atoms with Gasteiger partial charge in [-0.05, 0) is 73.1 Å². The van der Waals surface area contributed by atoms with Crippen LogP contribution in [0.15, 0.2) is 48.1 Å². The first-order valence-corrected chi connectivity index (χ1v) is 13.5. The summed E-state index contributed by atoms with van der Waals surface area (Å²) in [6.45, 7) is 8.44. The van der Waals surface area contributed by atoms with E-state index in [1.807, 2.05) is 13.0 Å². The van der Waals surface area contributed by atoms with Crippen molar-refractivity contribution in [3.63, 3.8) is 0 Å². The molecule has 2 aliphatic carbocycles. The van der Waals surface area contributed by atoms with E-state index in [4.69, 9.17) is 18.9 Å². The number of carbonyl (C=O) groups excluding carboxylic acids is 2. The second-order valence-electron chi connectivity index (χ2n) is 11.4. The average Bonchev–Trinajstić information content (AvgIpc) is 3.27. The molecule has 8 nitrogen and oxygen atoms in total. The molecule has 39 heavy (non-hydrogen) atoms. The molecule has 6 atom stereocenters. The van der Waals surface area contributed by atoms with E-state index in [0.29, 0.717) is 29.9 Å². The maximum atomic E-state index is 12.6. The lowest BCUT2D eigenvalue weighted by molar-refractivity contribution is -0.151. The van der Waals surface area contributed by atoms with Gasteiger partial charge >= 0.3 is 11.9 Å². The van der Waals surface area contributed by atoms with Gasteiger partial charge in [0.05, 0.1) is 32.5 Å². The Kier molecular flexibility index (Phi) is 8.57. The Bertz CT molecular complexity index is 1170. The van der Waals surface area contributed by atoms with Crippen LogP contribution in [0.3, 0.4) is 0 Å².